The van der Waals surface area contributed by atoms with Gasteiger partial charge in [-0.05, 0) is 12.5 Å². The molecule has 136 valence electrons. The molecule has 0 spiro atoms. The van der Waals surface area contributed by atoms with Crippen LogP contribution in [0.25, 0.3) is 32.7 Å². The molecule has 0 unspecified atom stereocenters. The van der Waals surface area contributed by atoms with Crippen LogP contribution in [0.1, 0.15) is 5.56 Å². The van der Waals surface area contributed by atoms with Gasteiger partial charge < -0.3 is 4.74 Å². The van der Waals surface area contributed by atoms with Crippen molar-refractivity contribution in [1.29, 1.82) is 0 Å². The molecular formula is C22H20N2O2S. The van der Waals surface area contributed by atoms with E-state index in [9.17, 15) is 4.79 Å². The summed E-state index contributed by atoms with van der Waals surface area (Å²) in [6, 6.07) is 18.1. The van der Waals surface area contributed by atoms with E-state index in [4.69, 9.17) is 9.72 Å². The first kappa shape index (κ1) is 17.6. The maximum atomic E-state index is 13.4. The number of hydrogen-bond donors (Lipinski definition) is 0. The summed E-state index contributed by atoms with van der Waals surface area (Å²) in [5.74, 6) is 0.683. The predicted molar refractivity (Wildman–Crippen MR) is 111 cm³/mol. The number of hydrogen-bond acceptors (Lipinski definition) is 4. The number of fused-ring (bicyclic) bond motifs is 1. The SMILES string of the molecule is COCCn1c(-c2ccccc2)nc2scc(-c3ccc(C)cc3)c2c1=O. The highest BCUT2D eigenvalue weighted by molar-refractivity contribution is 7.17. The van der Waals surface area contributed by atoms with Crippen molar-refractivity contribution in [2.75, 3.05) is 13.7 Å². The van der Waals surface area contributed by atoms with Crippen LogP contribution in [0.3, 0.4) is 0 Å². The van der Waals surface area contributed by atoms with Gasteiger partial charge in [-0.25, -0.2) is 4.98 Å². The molecule has 0 aliphatic carbocycles. The van der Waals surface area contributed by atoms with Crippen molar-refractivity contribution >= 4 is 21.6 Å². The zero-order valence-electron chi connectivity index (χ0n) is 15.3. The lowest BCUT2D eigenvalue weighted by Gasteiger charge is -2.12. The Morgan fingerprint density at radius 2 is 1.78 bits per heavy atom. The zero-order valence-corrected chi connectivity index (χ0v) is 16.1. The predicted octanol–water partition coefficient (Wildman–Crippen LogP) is 4.75. The summed E-state index contributed by atoms with van der Waals surface area (Å²) >= 11 is 1.51. The summed E-state index contributed by atoms with van der Waals surface area (Å²) in [4.78, 5) is 19.0. The minimum atomic E-state index is -0.0206. The van der Waals surface area contributed by atoms with Crippen molar-refractivity contribution in [2.45, 2.75) is 13.5 Å². The van der Waals surface area contributed by atoms with Gasteiger partial charge in [-0.2, -0.15) is 0 Å². The summed E-state index contributed by atoms with van der Waals surface area (Å²) < 4.78 is 6.96. The molecule has 27 heavy (non-hydrogen) atoms. The lowest BCUT2D eigenvalue weighted by atomic mass is 10.0. The molecule has 4 aromatic rings. The summed E-state index contributed by atoms with van der Waals surface area (Å²) in [7, 11) is 1.64. The summed E-state index contributed by atoms with van der Waals surface area (Å²) in [6.45, 7) is 2.98. The van der Waals surface area contributed by atoms with E-state index in [1.54, 1.807) is 11.7 Å². The largest absolute Gasteiger partial charge is 0.383 e. The third kappa shape index (κ3) is 3.31. The van der Waals surface area contributed by atoms with Crippen LogP contribution >= 0.6 is 11.3 Å². The van der Waals surface area contributed by atoms with E-state index in [1.165, 1.54) is 16.9 Å². The third-order valence-corrected chi connectivity index (χ3v) is 5.48. The van der Waals surface area contributed by atoms with E-state index in [0.29, 0.717) is 24.4 Å². The Labute approximate surface area is 161 Å². The molecule has 0 aliphatic rings. The molecule has 4 nitrogen and oxygen atoms in total. The second-order valence-corrected chi connectivity index (χ2v) is 7.30. The van der Waals surface area contributed by atoms with Crippen LogP contribution < -0.4 is 5.56 Å². The number of rotatable bonds is 5. The zero-order chi connectivity index (χ0) is 18.8. The normalized spacial score (nSPS) is 11.2. The van der Waals surface area contributed by atoms with Gasteiger partial charge in [-0.1, -0.05) is 60.2 Å². The first-order valence-electron chi connectivity index (χ1n) is 8.82. The monoisotopic (exact) mass is 376 g/mol. The molecule has 0 saturated carbocycles. The molecule has 0 radical (unpaired) electrons. The maximum Gasteiger partial charge on any atom is 0.263 e. The minimum Gasteiger partial charge on any atom is -0.383 e. The van der Waals surface area contributed by atoms with Gasteiger partial charge in [0.1, 0.15) is 10.7 Å². The molecular weight excluding hydrogens is 356 g/mol. The number of methoxy groups -OCH3 is 1. The van der Waals surface area contributed by atoms with Gasteiger partial charge in [0.25, 0.3) is 5.56 Å². The number of ether oxygens (including phenoxy) is 1. The summed E-state index contributed by atoms with van der Waals surface area (Å²) in [5, 5.41) is 2.71. The van der Waals surface area contributed by atoms with Crippen molar-refractivity contribution in [3.05, 3.63) is 75.9 Å². The highest BCUT2D eigenvalue weighted by atomic mass is 32.1. The van der Waals surface area contributed by atoms with Crippen molar-refractivity contribution in [2.24, 2.45) is 0 Å². The van der Waals surface area contributed by atoms with Crippen molar-refractivity contribution in [3.8, 4) is 22.5 Å². The van der Waals surface area contributed by atoms with Gasteiger partial charge in [0.15, 0.2) is 0 Å². The standard InChI is InChI=1S/C22H20N2O2S/c1-15-8-10-16(11-9-15)18-14-27-21-19(18)22(25)24(12-13-26-2)20(23-21)17-6-4-3-5-7-17/h3-11,14H,12-13H2,1-2H3. The number of aromatic nitrogens is 2. The number of thiophene rings is 1. The molecule has 2 heterocycles. The van der Waals surface area contributed by atoms with Crippen molar-refractivity contribution < 1.29 is 4.74 Å². The van der Waals surface area contributed by atoms with Crippen molar-refractivity contribution in [3.63, 3.8) is 0 Å². The van der Waals surface area contributed by atoms with Gasteiger partial charge in [0.05, 0.1) is 18.5 Å². The third-order valence-electron chi connectivity index (χ3n) is 4.61. The first-order chi connectivity index (χ1) is 13.2. The quantitative estimate of drug-likeness (QED) is 0.505. The van der Waals surface area contributed by atoms with Crippen LogP contribution in [0, 0.1) is 6.92 Å². The Kier molecular flexibility index (Phi) is 4.88. The molecule has 0 atom stereocenters. The fraction of sp³-hybridized carbons (Fsp3) is 0.182. The molecule has 5 heteroatoms. The lowest BCUT2D eigenvalue weighted by molar-refractivity contribution is 0.186. The van der Waals surface area contributed by atoms with Crippen LogP contribution in [0.2, 0.25) is 0 Å². The Bertz CT molecular complexity index is 1130. The van der Waals surface area contributed by atoms with Crippen LogP contribution in [-0.2, 0) is 11.3 Å². The lowest BCUT2D eigenvalue weighted by Crippen LogP contribution is -2.25. The second kappa shape index (κ2) is 7.47. The van der Waals surface area contributed by atoms with Gasteiger partial charge >= 0.3 is 0 Å². The summed E-state index contributed by atoms with van der Waals surface area (Å²) in [6.07, 6.45) is 0. The fourth-order valence-electron chi connectivity index (χ4n) is 3.17. The van der Waals surface area contributed by atoms with Gasteiger partial charge in [0.2, 0.25) is 0 Å². The number of benzene rings is 2. The highest BCUT2D eigenvalue weighted by Gasteiger charge is 2.17. The Balaban J connectivity index is 1.96. The van der Waals surface area contributed by atoms with E-state index in [-0.39, 0.29) is 5.56 Å². The molecule has 0 amide bonds. The minimum absolute atomic E-state index is 0.0206. The average Bonchev–Trinajstić information content (AvgIpc) is 3.13. The average molecular weight is 376 g/mol. The Morgan fingerprint density at radius 1 is 1.04 bits per heavy atom. The molecule has 0 fully saturated rings. The van der Waals surface area contributed by atoms with E-state index < -0.39 is 0 Å². The maximum absolute atomic E-state index is 13.4. The van der Waals surface area contributed by atoms with Crippen molar-refractivity contribution in [1.82, 2.24) is 9.55 Å². The topological polar surface area (TPSA) is 44.1 Å². The Hall–Kier alpha value is -2.76. The van der Waals surface area contributed by atoms with Crippen LogP contribution in [0.5, 0.6) is 0 Å². The summed E-state index contributed by atoms with van der Waals surface area (Å²) in [5.41, 5.74) is 4.08. The van der Waals surface area contributed by atoms with Crippen LogP contribution in [0.15, 0.2) is 64.8 Å². The molecule has 0 bridgehead atoms. The van der Waals surface area contributed by atoms with E-state index in [1.807, 2.05) is 35.7 Å². The van der Waals surface area contributed by atoms with Gasteiger partial charge in [0, 0.05) is 23.6 Å². The number of aryl methyl sites for hydroxylation is 1. The molecule has 2 aromatic carbocycles. The molecule has 0 saturated heterocycles. The van der Waals surface area contributed by atoms with Gasteiger partial charge in [-0.3, -0.25) is 9.36 Å². The first-order valence-corrected chi connectivity index (χ1v) is 9.70. The molecule has 0 N–H and O–H groups in total. The van der Waals surface area contributed by atoms with Crippen LogP contribution in [0.4, 0.5) is 0 Å². The number of nitrogens with zero attached hydrogens (tertiary/aromatic N) is 2. The van der Waals surface area contributed by atoms with E-state index in [2.05, 4.69) is 31.2 Å². The Morgan fingerprint density at radius 3 is 2.48 bits per heavy atom. The smallest absolute Gasteiger partial charge is 0.263 e. The van der Waals surface area contributed by atoms with Crippen LogP contribution in [-0.4, -0.2) is 23.3 Å². The highest BCUT2D eigenvalue weighted by Crippen LogP contribution is 2.32. The molecule has 0 aliphatic heterocycles. The molecule has 2 aromatic heterocycles. The second-order valence-electron chi connectivity index (χ2n) is 6.45. The van der Waals surface area contributed by atoms with E-state index in [0.717, 1.165) is 21.5 Å². The molecule has 4 rings (SSSR count). The van der Waals surface area contributed by atoms with E-state index >= 15 is 0 Å². The van der Waals surface area contributed by atoms with Gasteiger partial charge in [-0.15, -0.1) is 11.3 Å². The fourth-order valence-corrected chi connectivity index (χ4v) is 4.11.